The summed E-state index contributed by atoms with van der Waals surface area (Å²) in [6.07, 6.45) is 23.8. The molecule has 0 atom stereocenters. The molecule has 0 spiro atoms. The fourth-order valence-electron chi connectivity index (χ4n) is 4.92. The van der Waals surface area contributed by atoms with E-state index in [4.69, 9.17) is 4.74 Å². The minimum atomic E-state index is 0.882. The quantitative estimate of drug-likeness (QED) is 0.251. The normalized spacial score (nSPS) is 19.4. The molecule has 0 aliphatic heterocycles. The summed E-state index contributed by atoms with van der Waals surface area (Å²) >= 11 is 0. The second-order valence-corrected chi connectivity index (χ2v) is 9.53. The lowest BCUT2D eigenvalue weighted by molar-refractivity contribution is 0.228. The van der Waals surface area contributed by atoms with Crippen molar-refractivity contribution in [2.75, 3.05) is 6.61 Å². The van der Waals surface area contributed by atoms with E-state index in [9.17, 15) is 0 Å². The first-order valence-corrected chi connectivity index (χ1v) is 13.0. The van der Waals surface area contributed by atoms with Crippen molar-refractivity contribution in [2.24, 2.45) is 11.8 Å². The molecule has 1 saturated carbocycles. The lowest BCUT2D eigenvalue weighted by Gasteiger charge is -2.28. The van der Waals surface area contributed by atoms with E-state index in [-0.39, 0.29) is 0 Å². The molecule has 29 heavy (non-hydrogen) atoms. The molecule has 2 rings (SSSR count). The highest BCUT2D eigenvalue weighted by Crippen LogP contribution is 2.34. The Bertz CT molecular complexity index is 484. The smallest absolute Gasteiger partial charge is 0.119 e. The molecule has 1 aliphatic rings. The molecule has 1 nitrogen and oxygen atoms in total. The Labute approximate surface area is 182 Å². The van der Waals surface area contributed by atoms with Crippen LogP contribution in [0.1, 0.15) is 122 Å². The molecule has 0 heterocycles. The molecule has 1 heteroatoms. The summed E-state index contributed by atoms with van der Waals surface area (Å²) < 4.78 is 5.99. The second-order valence-electron chi connectivity index (χ2n) is 9.53. The summed E-state index contributed by atoms with van der Waals surface area (Å²) in [6, 6.07) is 8.82. The molecule has 0 aromatic heterocycles. The lowest BCUT2D eigenvalue weighted by Crippen LogP contribution is -2.15. The molecular formula is C28H48O. The van der Waals surface area contributed by atoms with Crippen LogP contribution < -0.4 is 4.74 Å². The summed E-state index contributed by atoms with van der Waals surface area (Å²) in [5.74, 6) is 3.04. The van der Waals surface area contributed by atoms with Crippen molar-refractivity contribution in [3.63, 3.8) is 0 Å². The number of unbranched alkanes of at least 4 members (excludes halogenated alkanes) is 7. The van der Waals surface area contributed by atoms with E-state index in [0.29, 0.717) is 0 Å². The third-order valence-electron chi connectivity index (χ3n) is 6.95. The maximum Gasteiger partial charge on any atom is 0.119 e. The summed E-state index contributed by atoms with van der Waals surface area (Å²) in [5.41, 5.74) is 1.45. The fourth-order valence-corrected chi connectivity index (χ4v) is 4.92. The number of aryl methyl sites for hydroxylation is 1. The average molecular weight is 401 g/mol. The molecule has 0 amide bonds. The molecule has 1 aliphatic carbocycles. The van der Waals surface area contributed by atoms with Crippen molar-refractivity contribution in [1.82, 2.24) is 0 Å². The van der Waals surface area contributed by atoms with Crippen molar-refractivity contribution in [3.05, 3.63) is 29.8 Å². The van der Waals surface area contributed by atoms with Crippen LogP contribution in [0.15, 0.2) is 24.3 Å². The van der Waals surface area contributed by atoms with Gasteiger partial charge in [0, 0.05) is 0 Å². The Kier molecular flexibility index (Phi) is 13.2. The van der Waals surface area contributed by atoms with Gasteiger partial charge < -0.3 is 4.74 Å². The highest BCUT2D eigenvalue weighted by molar-refractivity contribution is 5.27. The zero-order valence-corrected chi connectivity index (χ0v) is 19.6. The maximum absolute atomic E-state index is 5.99. The van der Waals surface area contributed by atoms with Crippen molar-refractivity contribution in [3.8, 4) is 5.75 Å². The SMILES string of the molecule is CCCCCCCC[C@H]1CC[C@H](CCCOc2ccc(CCCCC)cc2)CC1. The van der Waals surface area contributed by atoms with Gasteiger partial charge in [0.1, 0.15) is 5.75 Å². The van der Waals surface area contributed by atoms with E-state index in [2.05, 4.69) is 38.1 Å². The van der Waals surface area contributed by atoms with E-state index < -0.39 is 0 Å². The first-order valence-electron chi connectivity index (χ1n) is 13.0. The number of hydrogen-bond acceptors (Lipinski definition) is 1. The van der Waals surface area contributed by atoms with Gasteiger partial charge in [-0.15, -0.1) is 0 Å². The van der Waals surface area contributed by atoms with Gasteiger partial charge in [0.2, 0.25) is 0 Å². The van der Waals surface area contributed by atoms with E-state index in [1.165, 1.54) is 115 Å². The minimum absolute atomic E-state index is 0.882. The molecule has 0 saturated heterocycles. The van der Waals surface area contributed by atoms with Crippen LogP contribution in [0, 0.1) is 11.8 Å². The van der Waals surface area contributed by atoms with Crippen molar-refractivity contribution >= 4 is 0 Å². The zero-order chi connectivity index (χ0) is 20.6. The van der Waals surface area contributed by atoms with E-state index in [1.807, 2.05) is 0 Å². The van der Waals surface area contributed by atoms with Crippen LogP contribution in [0.5, 0.6) is 5.75 Å². The summed E-state index contributed by atoms with van der Waals surface area (Å²) in [4.78, 5) is 0. The first kappa shape index (κ1) is 24.3. The molecule has 1 aromatic rings. The fraction of sp³-hybridized carbons (Fsp3) is 0.786. The van der Waals surface area contributed by atoms with E-state index in [1.54, 1.807) is 0 Å². The van der Waals surface area contributed by atoms with E-state index in [0.717, 1.165) is 24.2 Å². The first-order chi connectivity index (χ1) is 14.3. The Balaban J connectivity index is 1.47. The minimum Gasteiger partial charge on any atom is -0.494 e. The van der Waals surface area contributed by atoms with Gasteiger partial charge in [0.15, 0.2) is 0 Å². The Morgan fingerprint density at radius 2 is 1.21 bits per heavy atom. The zero-order valence-electron chi connectivity index (χ0n) is 19.6. The Hall–Kier alpha value is -0.980. The molecule has 166 valence electrons. The van der Waals surface area contributed by atoms with Crippen LogP contribution in [-0.4, -0.2) is 6.61 Å². The molecular weight excluding hydrogens is 352 g/mol. The number of rotatable bonds is 16. The monoisotopic (exact) mass is 400 g/mol. The van der Waals surface area contributed by atoms with Crippen LogP contribution >= 0.6 is 0 Å². The molecule has 0 radical (unpaired) electrons. The Morgan fingerprint density at radius 1 is 0.655 bits per heavy atom. The van der Waals surface area contributed by atoms with Gasteiger partial charge in [-0.05, 0) is 55.2 Å². The summed E-state index contributed by atoms with van der Waals surface area (Å²) in [7, 11) is 0. The van der Waals surface area contributed by atoms with Gasteiger partial charge in [-0.1, -0.05) is 109 Å². The van der Waals surface area contributed by atoms with Crippen LogP contribution in [0.3, 0.4) is 0 Å². The van der Waals surface area contributed by atoms with Gasteiger partial charge in [0.25, 0.3) is 0 Å². The highest BCUT2D eigenvalue weighted by atomic mass is 16.5. The topological polar surface area (TPSA) is 9.23 Å². The molecule has 0 unspecified atom stereocenters. The van der Waals surface area contributed by atoms with Gasteiger partial charge in [-0.3, -0.25) is 0 Å². The van der Waals surface area contributed by atoms with Gasteiger partial charge in [-0.25, -0.2) is 0 Å². The van der Waals surface area contributed by atoms with Crippen molar-refractivity contribution in [1.29, 1.82) is 0 Å². The molecule has 0 bridgehead atoms. The van der Waals surface area contributed by atoms with Gasteiger partial charge in [-0.2, -0.15) is 0 Å². The van der Waals surface area contributed by atoms with Gasteiger partial charge >= 0.3 is 0 Å². The van der Waals surface area contributed by atoms with Crippen LogP contribution in [0.4, 0.5) is 0 Å². The predicted octanol–water partition coefficient (Wildman–Crippen LogP) is 9.14. The highest BCUT2D eigenvalue weighted by Gasteiger charge is 2.20. The van der Waals surface area contributed by atoms with Crippen molar-refractivity contribution in [2.45, 2.75) is 123 Å². The maximum atomic E-state index is 5.99. The molecule has 1 fully saturated rings. The van der Waals surface area contributed by atoms with Crippen LogP contribution in [0.2, 0.25) is 0 Å². The predicted molar refractivity (Wildman–Crippen MR) is 128 cm³/mol. The summed E-state index contributed by atoms with van der Waals surface area (Å²) in [5, 5.41) is 0. The van der Waals surface area contributed by atoms with E-state index >= 15 is 0 Å². The molecule has 0 N–H and O–H groups in total. The number of hydrogen-bond donors (Lipinski definition) is 0. The average Bonchev–Trinajstić information content (AvgIpc) is 2.76. The molecule has 1 aromatic carbocycles. The number of ether oxygens (including phenoxy) is 1. The Morgan fingerprint density at radius 3 is 1.86 bits per heavy atom. The summed E-state index contributed by atoms with van der Waals surface area (Å²) in [6.45, 7) is 5.45. The third kappa shape index (κ3) is 11.1. The van der Waals surface area contributed by atoms with Gasteiger partial charge in [0.05, 0.1) is 6.61 Å². The van der Waals surface area contributed by atoms with Crippen LogP contribution in [-0.2, 0) is 6.42 Å². The lowest BCUT2D eigenvalue weighted by atomic mass is 9.78. The second kappa shape index (κ2) is 15.8. The van der Waals surface area contributed by atoms with Crippen molar-refractivity contribution < 1.29 is 4.74 Å². The van der Waals surface area contributed by atoms with Crippen LogP contribution in [0.25, 0.3) is 0 Å². The largest absolute Gasteiger partial charge is 0.494 e. The standard InChI is InChI=1S/C28H48O/c1-3-5-7-8-9-11-14-25-16-18-27(19-17-25)15-12-24-29-28-22-20-26(21-23-28)13-10-6-4-2/h20-23,25,27H,3-19,24H2,1-2H3/t25-,27-. The third-order valence-corrected chi connectivity index (χ3v) is 6.95. The number of benzene rings is 1.